The van der Waals surface area contributed by atoms with Gasteiger partial charge in [-0.05, 0) is 6.54 Å². The third kappa shape index (κ3) is 2.96. The van der Waals surface area contributed by atoms with Crippen molar-refractivity contribution in [3.05, 3.63) is 16.1 Å². The van der Waals surface area contributed by atoms with E-state index in [1.54, 1.807) is 0 Å². The maximum absolute atomic E-state index is 12.1. The van der Waals surface area contributed by atoms with Gasteiger partial charge in [0.1, 0.15) is 0 Å². The van der Waals surface area contributed by atoms with Crippen molar-refractivity contribution in [3.8, 4) is 0 Å². The van der Waals surface area contributed by atoms with Crippen LogP contribution in [0.1, 0.15) is 17.6 Å². The number of alkyl halides is 3. The maximum Gasteiger partial charge on any atom is 0.443 e. The van der Waals surface area contributed by atoms with E-state index in [0.29, 0.717) is 23.6 Å². The highest BCUT2D eigenvalue weighted by molar-refractivity contribution is 7.09. The predicted molar refractivity (Wildman–Crippen MR) is 44.5 cm³/mol. The van der Waals surface area contributed by atoms with Crippen LogP contribution in [0.4, 0.5) is 13.2 Å². The molecule has 0 aliphatic carbocycles. The fourth-order valence-electron chi connectivity index (χ4n) is 0.771. The Kier molecular flexibility index (Phi) is 3.27. The molecule has 1 aromatic rings. The molecule has 2 nitrogen and oxygen atoms in total. The fraction of sp³-hybridized carbons (Fsp3) is 0.571. The summed E-state index contributed by atoms with van der Waals surface area (Å²) in [6.45, 7) is 3.00. The number of aromatic nitrogens is 1. The third-order valence-corrected chi connectivity index (χ3v) is 2.29. The van der Waals surface area contributed by atoms with Crippen LogP contribution in [0.15, 0.2) is 5.38 Å². The molecule has 6 heteroatoms. The Bertz CT molecular complexity index is 269. The van der Waals surface area contributed by atoms with Crippen molar-refractivity contribution in [2.45, 2.75) is 19.6 Å². The first kappa shape index (κ1) is 10.5. The second-order valence-electron chi connectivity index (χ2n) is 2.42. The van der Waals surface area contributed by atoms with Gasteiger partial charge in [-0.3, -0.25) is 0 Å². The quantitative estimate of drug-likeness (QED) is 0.827. The second kappa shape index (κ2) is 4.06. The molecule has 0 aliphatic heterocycles. The van der Waals surface area contributed by atoms with E-state index in [1.165, 1.54) is 5.38 Å². The van der Waals surface area contributed by atoms with Gasteiger partial charge in [-0.2, -0.15) is 13.2 Å². The molecule has 0 amide bonds. The summed E-state index contributed by atoms with van der Waals surface area (Å²) in [4.78, 5) is 3.45. The van der Waals surface area contributed by atoms with E-state index < -0.39 is 11.2 Å². The lowest BCUT2D eigenvalue weighted by Crippen LogP contribution is -2.12. The Balaban J connectivity index is 2.64. The first-order valence-electron chi connectivity index (χ1n) is 3.76. The highest BCUT2D eigenvalue weighted by Crippen LogP contribution is 2.31. The molecule has 0 fully saturated rings. The van der Waals surface area contributed by atoms with E-state index in [1.807, 2.05) is 6.92 Å². The summed E-state index contributed by atoms with van der Waals surface area (Å²) >= 11 is 0.631. The van der Waals surface area contributed by atoms with Gasteiger partial charge in [0.2, 0.25) is 0 Å². The molecule has 0 atom stereocenters. The molecule has 74 valence electrons. The monoisotopic (exact) mass is 210 g/mol. The molecule has 1 aromatic heterocycles. The van der Waals surface area contributed by atoms with Gasteiger partial charge in [0.05, 0.1) is 5.69 Å². The van der Waals surface area contributed by atoms with Crippen LogP contribution in [-0.2, 0) is 12.7 Å². The van der Waals surface area contributed by atoms with Crippen molar-refractivity contribution in [2.75, 3.05) is 6.54 Å². The minimum atomic E-state index is -4.31. The Morgan fingerprint density at radius 1 is 1.54 bits per heavy atom. The minimum Gasteiger partial charge on any atom is -0.311 e. The van der Waals surface area contributed by atoms with Crippen molar-refractivity contribution in [2.24, 2.45) is 0 Å². The highest BCUT2D eigenvalue weighted by atomic mass is 32.1. The largest absolute Gasteiger partial charge is 0.443 e. The molecule has 0 radical (unpaired) electrons. The number of hydrogen-bond donors (Lipinski definition) is 1. The summed E-state index contributed by atoms with van der Waals surface area (Å²) in [6, 6.07) is 0. The molecule has 0 spiro atoms. The molecule has 1 N–H and O–H groups in total. The smallest absolute Gasteiger partial charge is 0.311 e. The Labute approximate surface area is 77.8 Å². The number of nitrogens with zero attached hydrogens (tertiary/aromatic N) is 1. The van der Waals surface area contributed by atoms with Crippen molar-refractivity contribution in [3.63, 3.8) is 0 Å². The zero-order valence-electron chi connectivity index (χ0n) is 6.98. The van der Waals surface area contributed by atoms with Gasteiger partial charge in [-0.1, -0.05) is 6.92 Å². The van der Waals surface area contributed by atoms with Crippen LogP contribution in [0.3, 0.4) is 0 Å². The number of halogens is 3. The topological polar surface area (TPSA) is 24.9 Å². The molecule has 13 heavy (non-hydrogen) atoms. The van der Waals surface area contributed by atoms with Crippen LogP contribution in [0, 0.1) is 0 Å². The van der Waals surface area contributed by atoms with Gasteiger partial charge in [0.15, 0.2) is 5.01 Å². The van der Waals surface area contributed by atoms with Crippen LogP contribution in [0.5, 0.6) is 0 Å². The van der Waals surface area contributed by atoms with Crippen molar-refractivity contribution in [1.82, 2.24) is 10.3 Å². The van der Waals surface area contributed by atoms with E-state index in [0.717, 1.165) is 6.54 Å². The molecule has 0 aliphatic rings. The zero-order chi connectivity index (χ0) is 9.90. The van der Waals surface area contributed by atoms with Gasteiger partial charge < -0.3 is 5.32 Å². The summed E-state index contributed by atoms with van der Waals surface area (Å²) in [5, 5.41) is 3.55. The minimum absolute atomic E-state index is 0.392. The molecule has 0 saturated carbocycles. The Hall–Kier alpha value is -0.620. The second-order valence-corrected chi connectivity index (χ2v) is 3.28. The van der Waals surface area contributed by atoms with Crippen molar-refractivity contribution < 1.29 is 13.2 Å². The first-order valence-corrected chi connectivity index (χ1v) is 4.64. The van der Waals surface area contributed by atoms with E-state index in [4.69, 9.17) is 0 Å². The molecule has 1 heterocycles. The Morgan fingerprint density at radius 2 is 2.23 bits per heavy atom. The lowest BCUT2D eigenvalue weighted by Gasteiger charge is -1.99. The summed E-state index contributed by atoms with van der Waals surface area (Å²) in [5.74, 6) is 0. The zero-order valence-corrected chi connectivity index (χ0v) is 7.80. The van der Waals surface area contributed by atoms with Gasteiger partial charge in [0.25, 0.3) is 0 Å². The molecule has 0 bridgehead atoms. The van der Waals surface area contributed by atoms with Gasteiger partial charge in [-0.15, -0.1) is 11.3 Å². The number of thiazole rings is 1. The standard InChI is InChI=1S/C7H9F3N2S/c1-2-11-3-5-4-13-6(12-5)7(8,9)10/h4,11H,2-3H2,1H3. The molecular weight excluding hydrogens is 201 g/mol. The average molecular weight is 210 g/mol. The average Bonchev–Trinajstić information content (AvgIpc) is 2.47. The third-order valence-electron chi connectivity index (χ3n) is 1.35. The summed E-state index contributed by atoms with van der Waals surface area (Å²) in [6.07, 6.45) is -4.31. The van der Waals surface area contributed by atoms with Crippen LogP contribution in [0.2, 0.25) is 0 Å². The van der Waals surface area contributed by atoms with Crippen LogP contribution in [0.25, 0.3) is 0 Å². The number of nitrogens with one attached hydrogen (secondary N) is 1. The van der Waals surface area contributed by atoms with Gasteiger partial charge in [0, 0.05) is 11.9 Å². The van der Waals surface area contributed by atoms with Crippen LogP contribution < -0.4 is 5.32 Å². The summed E-state index contributed by atoms with van der Waals surface area (Å²) in [7, 11) is 0. The molecule has 0 saturated heterocycles. The van der Waals surface area contributed by atoms with Crippen LogP contribution >= 0.6 is 11.3 Å². The first-order chi connectivity index (χ1) is 6.04. The molecule has 1 rings (SSSR count). The summed E-state index contributed by atoms with van der Waals surface area (Å²) in [5.41, 5.74) is 0.444. The van der Waals surface area contributed by atoms with E-state index in [-0.39, 0.29) is 0 Å². The van der Waals surface area contributed by atoms with Gasteiger partial charge in [-0.25, -0.2) is 4.98 Å². The molecule has 0 unspecified atom stereocenters. The molecule has 0 aromatic carbocycles. The van der Waals surface area contributed by atoms with E-state index in [2.05, 4.69) is 10.3 Å². The number of hydrogen-bond acceptors (Lipinski definition) is 3. The van der Waals surface area contributed by atoms with Gasteiger partial charge >= 0.3 is 6.18 Å². The predicted octanol–water partition coefficient (Wildman–Crippen LogP) is 2.27. The summed E-state index contributed by atoms with van der Waals surface area (Å²) < 4.78 is 36.2. The lowest BCUT2D eigenvalue weighted by atomic mass is 10.5. The van der Waals surface area contributed by atoms with Crippen LogP contribution in [-0.4, -0.2) is 11.5 Å². The van der Waals surface area contributed by atoms with Crippen molar-refractivity contribution in [1.29, 1.82) is 0 Å². The molecular formula is C7H9F3N2S. The van der Waals surface area contributed by atoms with Crippen molar-refractivity contribution >= 4 is 11.3 Å². The van der Waals surface area contributed by atoms with E-state index in [9.17, 15) is 13.2 Å². The Morgan fingerprint density at radius 3 is 2.69 bits per heavy atom. The maximum atomic E-state index is 12.1. The normalized spacial score (nSPS) is 12.0. The number of rotatable bonds is 3. The SMILES string of the molecule is CCNCc1csc(C(F)(F)F)n1. The lowest BCUT2D eigenvalue weighted by molar-refractivity contribution is -0.137. The highest BCUT2D eigenvalue weighted by Gasteiger charge is 2.34. The van der Waals surface area contributed by atoms with E-state index >= 15 is 0 Å². The fourth-order valence-corrected chi connectivity index (χ4v) is 1.46.